The lowest BCUT2D eigenvalue weighted by molar-refractivity contribution is 0.291. The van der Waals surface area contributed by atoms with Crippen molar-refractivity contribution >= 4 is 11.0 Å². The Morgan fingerprint density at radius 1 is 1.33 bits per heavy atom. The standard InChI is InChI=1S/C18H21N5O/c1-3-10-23(11-9-14-7-5-4-6-8-14)13-16-20-17-15(18(24)21-16)12-19-22(17)2/h3-8,12H,1,9-11,13H2,2H3,(H,20,21,24). The maximum absolute atomic E-state index is 12.1. The fourth-order valence-electron chi connectivity index (χ4n) is 2.71. The molecule has 0 aliphatic heterocycles. The monoisotopic (exact) mass is 323 g/mol. The van der Waals surface area contributed by atoms with E-state index in [9.17, 15) is 4.79 Å². The number of hydrogen-bond donors (Lipinski definition) is 1. The van der Waals surface area contributed by atoms with Crippen LogP contribution >= 0.6 is 0 Å². The van der Waals surface area contributed by atoms with Gasteiger partial charge in [0.15, 0.2) is 5.65 Å². The number of H-pyrrole nitrogens is 1. The van der Waals surface area contributed by atoms with Gasteiger partial charge in [0.1, 0.15) is 11.2 Å². The van der Waals surface area contributed by atoms with Crippen molar-refractivity contribution in [3.63, 3.8) is 0 Å². The van der Waals surface area contributed by atoms with Gasteiger partial charge in [-0.25, -0.2) is 4.98 Å². The molecule has 24 heavy (non-hydrogen) atoms. The number of nitrogens with zero attached hydrogens (tertiary/aromatic N) is 4. The van der Waals surface area contributed by atoms with Crippen LogP contribution in [0.1, 0.15) is 11.4 Å². The van der Waals surface area contributed by atoms with Crippen molar-refractivity contribution in [2.45, 2.75) is 13.0 Å². The Balaban J connectivity index is 1.76. The van der Waals surface area contributed by atoms with Crippen molar-refractivity contribution in [1.82, 2.24) is 24.6 Å². The predicted octanol–water partition coefficient (Wildman–Crippen LogP) is 1.89. The third-order valence-electron chi connectivity index (χ3n) is 3.97. The van der Waals surface area contributed by atoms with Gasteiger partial charge in [0.2, 0.25) is 0 Å². The Kier molecular flexibility index (Phi) is 4.86. The molecule has 0 atom stereocenters. The summed E-state index contributed by atoms with van der Waals surface area (Å²) in [5.74, 6) is 0.644. The van der Waals surface area contributed by atoms with Gasteiger partial charge in [-0.3, -0.25) is 14.4 Å². The van der Waals surface area contributed by atoms with Crippen LogP contribution in [0.15, 0.2) is 54.0 Å². The fourth-order valence-corrected chi connectivity index (χ4v) is 2.71. The average molecular weight is 323 g/mol. The van der Waals surface area contributed by atoms with E-state index in [4.69, 9.17) is 0 Å². The summed E-state index contributed by atoms with van der Waals surface area (Å²) >= 11 is 0. The summed E-state index contributed by atoms with van der Waals surface area (Å²) in [6, 6.07) is 10.3. The molecule has 0 radical (unpaired) electrons. The molecular formula is C18H21N5O. The van der Waals surface area contributed by atoms with E-state index >= 15 is 0 Å². The van der Waals surface area contributed by atoms with Crippen LogP contribution in [-0.2, 0) is 20.0 Å². The van der Waals surface area contributed by atoms with E-state index in [-0.39, 0.29) is 5.56 Å². The third-order valence-corrected chi connectivity index (χ3v) is 3.97. The summed E-state index contributed by atoms with van der Waals surface area (Å²) in [5, 5.41) is 4.61. The molecule has 0 bridgehead atoms. The van der Waals surface area contributed by atoms with Crippen molar-refractivity contribution < 1.29 is 0 Å². The molecule has 0 unspecified atom stereocenters. The van der Waals surface area contributed by atoms with E-state index in [1.165, 1.54) is 5.56 Å². The summed E-state index contributed by atoms with van der Waals surface area (Å²) in [6.45, 7) is 5.99. The normalized spacial score (nSPS) is 11.2. The van der Waals surface area contributed by atoms with E-state index < -0.39 is 0 Å². The first-order valence-electron chi connectivity index (χ1n) is 7.95. The zero-order valence-electron chi connectivity index (χ0n) is 13.8. The molecule has 1 N–H and O–H groups in total. The van der Waals surface area contributed by atoms with Gasteiger partial charge in [-0.1, -0.05) is 36.4 Å². The molecule has 0 spiro atoms. The molecule has 6 nitrogen and oxygen atoms in total. The number of fused-ring (bicyclic) bond motifs is 1. The minimum Gasteiger partial charge on any atom is -0.309 e. The number of nitrogens with one attached hydrogen (secondary N) is 1. The zero-order chi connectivity index (χ0) is 16.9. The van der Waals surface area contributed by atoms with E-state index in [2.05, 4.69) is 38.7 Å². The maximum atomic E-state index is 12.1. The molecule has 6 heteroatoms. The van der Waals surface area contributed by atoms with Gasteiger partial charge in [0.05, 0.1) is 12.7 Å². The van der Waals surface area contributed by atoms with E-state index in [0.717, 1.165) is 19.5 Å². The summed E-state index contributed by atoms with van der Waals surface area (Å²) in [5.41, 5.74) is 1.75. The Labute approximate surface area is 140 Å². The first-order chi connectivity index (χ1) is 11.7. The second-order valence-electron chi connectivity index (χ2n) is 5.78. The van der Waals surface area contributed by atoms with Crippen molar-refractivity contribution in [2.24, 2.45) is 7.05 Å². The quantitative estimate of drug-likeness (QED) is 0.674. The number of aryl methyl sites for hydroxylation is 1. The van der Waals surface area contributed by atoms with Crippen LogP contribution in [0.3, 0.4) is 0 Å². The smallest absolute Gasteiger partial charge is 0.262 e. The fraction of sp³-hybridized carbons (Fsp3) is 0.278. The minimum atomic E-state index is -0.148. The molecule has 0 saturated carbocycles. The summed E-state index contributed by atoms with van der Waals surface area (Å²) in [6.07, 6.45) is 4.35. The van der Waals surface area contributed by atoms with Gasteiger partial charge in [-0.2, -0.15) is 5.10 Å². The molecule has 0 fully saturated rings. The Morgan fingerprint density at radius 2 is 2.12 bits per heavy atom. The molecule has 3 rings (SSSR count). The van der Waals surface area contributed by atoms with Crippen LogP contribution in [0.25, 0.3) is 11.0 Å². The van der Waals surface area contributed by atoms with Crippen LogP contribution in [0.5, 0.6) is 0 Å². The highest BCUT2D eigenvalue weighted by Gasteiger charge is 2.11. The molecule has 0 amide bonds. The second kappa shape index (κ2) is 7.23. The highest BCUT2D eigenvalue weighted by Crippen LogP contribution is 2.07. The molecule has 3 aromatic rings. The molecule has 1 aromatic carbocycles. The minimum absolute atomic E-state index is 0.148. The largest absolute Gasteiger partial charge is 0.309 e. The molecule has 0 aliphatic carbocycles. The van der Waals surface area contributed by atoms with E-state index in [1.54, 1.807) is 17.9 Å². The Hall–Kier alpha value is -2.73. The van der Waals surface area contributed by atoms with Crippen LogP contribution in [0, 0.1) is 0 Å². The number of rotatable bonds is 7. The summed E-state index contributed by atoms with van der Waals surface area (Å²) in [4.78, 5) is 21.7. The van der Waals surface area contributed by atoms with Crippen molar-refractivity contribution in [1.29, 1.82) is 0 Å². The highest BCUT2D eigenvalue weighted by atomic mass is 16.1. The van der Waals surface area contributed by atoms with E-state index in [1.807, 2.05) is 24.3 Å². The van der Waals surface area contributed by atoms with Crippen LogP contribution in [-0.4, -0.2) is 37.7 Å². The molecule has 0 aliphatic rings. The molecule has 124 valence electrons. The summed E-state index contributed by atoms with van der Waals surface area (Å²) in [7, 11) is 1.79. The van der Waals surface area contributed by atoms with Crippen LogP contribution in [0.4, 0.5) is 0 Å². The van der Waals surface area contributed by atoms with Crippen LogP contribution < -0.4 is 5.56 Å². The lowest BCUT2D eigenvalue weighted by atomic mass is 10.1. The number of hydrogen-bond acceptors (Lipinski definition) is 4. The van der Waals surface area contributed by atoms with Crippen molar-refractivity contribution in [3.05, 3.63) is 70.9 Å². The van der Waals surface area contributed by atoms with Crippen LogP contribution in [0.2, 0.25) is 0 Å². The first kappa shape index (κ1) is 16.1. The second-order valence-corrected chi connectivity index (χ2v) is 5.78. The van der Waals surface area contributed by atoms with Gasteiger partial charge in [-0.15, -0.1) is 6.58 Å². The van der Waals surface area contributed by atoms with E-state index in [0.29, 0.717) is 23.4 Å². The Morgan fingerprint density at radius 3 is 2.88 bits per heavy atom. The average Bonchev–Trinajstić information content (AvgIpc) is 2.96. The Bertz CT molecular complexity index is 881. The van der Waals surface area contributed by atoms with Gasteiger partial charge in [-0.05, 0) is 12.0 Å². The molecule has 2 heterocycles. The van der Waals surface area contributed by atoms with Gasteiger partial charge in [0, 0.05) is 20.1 Å². The topological polar surface area (TPSA) is 66.8 Å². The van der Waals surface area contributed by atoms with Gasteiger partial charge in [0.25, 0.3) is 5.56 Å². The van der Waals surface area contributed by atoms with Gasteiger partial charge >= 0.3 is 0 Å². The molecule has 2 aromatic heterocycles. The lowest BCUT2D eigenvalue weighted by Crippen LogP contribution is -2.28. The highest BCUT2D eigenvalue weighted by molar-refractivity contribution is 5.72. The molecule has 0 saturated heterocycles. The lowest BCUT2D eigenvalue weighted by Gasteiger charge is -2.20. The number of aromatic nitrogens is 4. The first-order valence-corrected chi connectivity index (χ1v) is 7.95. The summed E-state index contributed by atoms with van der Waals surface area (Å²) < 4.78 is 1.62. The predicted molar refractivity (Wildman–Crippen MR) is 94.7 cm³/mol. The van der Waals surface area contributed by atoms with Crippen molar-refractivity contribution in [3.8, 4) is 0 Å². The number of aromatic amines is 1. The van der Waals surface area contributed by atoms with Gasteiger partial charge < -0.3 is 4.98 Å². The van der Waals surface area contributed by atoms with Crippen molar-refractivity contribution in [2.75, 3.05) is 13.1 Å². The SMILES string of the molecule is C=CCN(CCc1ccccc1)Cc1nc2c(cnn2C)c(=O)[nH]1. The number of benzene rings is 1. The third kappa shape index (κ3) is 3.60. The molecular weight excluding hydrogens is 302 g/mol. The zero-order valence-corrected chi connectivity index (χ0v) is 13.8. The maximum Gasteiger partial charge on any atom is 0.262 e.